The first-order chi connectivity index (χ1) is 12.5. The van der Waals surface area contributed by atoms with Gasteiger partial charge in [-0.15, -0.1) is 0 Å². The lowest BCUT2D eigenvalue weighted by Crippen LogP contribution is -2.48. The van der Waals surface area contributed by atoms with Crippen LogP contribution in [0, 0.1) is 5.82 Å². The Morgan fingerprint density at radius 2 is 1.96 bits per heavy atom. The number of benzene rings is 1. The minimum absolute atomic E-state index is 0.188. The summed E-state index contributed by atoms with van der Waals surface area (Å²) in [5, 5.41) is 1.19. The van der Waals surface area contributed by atoms with Crippen LogP contribution in [0.5, 0.6) is 0 Å². The number of carbonyl (C=O) groups excluding carboxylic acids is 1. The molecule has 0 radical (unpaired) electrons. The van der Waals surface area contributed by atoms with Crippen molar-refractivity contribution < 1.29 is 9.18 Å². The lowest BCUT2D eigenvalue weighted by molar-refractivity contribution is 0.0622. The predicted octanol–water partition coefficient (Wildman–Crippen LogP) is 3.60. The van der Waals surface area contributed by atoms with Crippen LogP contribution in [0.3, 0.4) is 0 Å². The minimum Gasteiger partial charge on any atom is -0.335 e. The van der Waals surface area contributed by atoms with Crippen molar-refractivity contribution in [2.75, 3.05) is 32.4 Å². The highest BCUT2D eigenvalue weighted by Crippen LogP contribution is 2.21. The van der Waals surface area contributed by atoms with Crippen LogP contribution in [-0.2, 0) is 6.54 Å². The highest BCUT2D eigenvalue weighted by molar-refractivity contribution is 7.98. The predicted molar refractivity (Wildman–Crippen MR) is 101 cm³/mol. The van der Waals surface area contributed by atoms with Gasteiger partial charge < -0.3 is 4.90 Å². The molecule has 0 spiro atoms. The highest BCUT2D eigenvalue weighted by Gasteiger charge is 2.25. The van der Waals surface area contributed by atoms with Gasteiger partial charge in [-0.25, -0.2) is 14.4 Å². The van der Waals surface area contributed by atoms with Gasteiger partial charge in [0, 0.05) is 37.7 Å². The number of piperazine rings is 1. The molecule has 0 aliphatic carbocycles. The normalized spacial score (nSPS) is 15.3. The van der Waals surface area contributed by atoms with Gasteiger partial charge in [0.15, 0.2) is 10.9 Å². The summed E-state index contributed by atoms with van der Waals surface area (Å²) < 4.78 is 13.1. The van der Waals surface area contributed by atoms with Gasteiger partial charge >= 0.3 is 0 Å². The summed E-state index contributed by atoms with van der Waals surface area (Å²) in [5.41, 5.74) is 1.11. The fourth-order valence-corrected chi connectivity index (χ4v) is 3.49. The van der Waals surface area contributed by atoms with E-state index in [4.69, 9.17) is 23.2 Å². The molecule has 1 fully saturated rings. The molecule has 138 valence electrons. The molecule has 1 saturated heterocycles. The van der Waals surface area contributed by atoms with Crippen LogP contribution in [0.4, 0.5) is 4.39 Å². The smallest absolute Gasteiger partial charge is 0.274 e. The Bertz CT molecular complexity index is 815. The molecule has 2 heterocycles. The zero-order valence-corrected chi connectivity index (χ0v) is 16.4. The van der Waals surface area contributed by atoms with Gasteiger partial charge in [0.05, 0.1) is 11.2 Å². The number of nitrogens with zero attached hydrogens (tertiary/aromatic N) is 4. The molecule has 0 atom stereocenters. The fraction of sp³-hybridized carbons (Fsp3) is 0.353. The zero-order valence-electron chi connectivity index (χ0n) is 14.1. The van der Waals surface area contributed by atoms with E-state index in [-0.39, 0.29) is 22.4 Å². The molecule has 0 N–H and O–H groups in total. The van der Waals surface area contributed by atoms with E-state index in [2.05, 4.69) is 14.9 Å². The summed E-state index contributed by atoms with van der Waals surface area (Å²) in [6.45, 7) is 3.13. The highest BCUT2D eigenvalue weighted by atomic mass is 35.5. The molecule has 1 aromatic carbocycles. The number of hydrogen-bond donors (Lipinski definition) is 0. The Morgan fingerprint density at radius 3 is 2.62 bits per heavy atom. The molecule has 0 bridgehead atoms. The Labute approximate surface area is 165 Å². The van der Waals surface area contributed by atoms with Gasteiger partial charge in [-0.2, -0.15) is 0 Å². The van der Waals surface area contributed by atoms with Crippen LogP contribution in [-0.4, -0.2) is 58.1 Å². The fourth-order valence-electron chi connectivity index (χ4n) is 2.75. The molecule has 2 aromatic rings. The average Bonchev–Trinajstić information content (AvgIpc) is 2.64. The topological polar surface area (TPSA) is 49.3 Å². The molecular weight excluding hydrogens is 398 g/mol. The van der Waals surface area contributed by atoms with Crippen LogP contribution in [0.25, 0.3) is 0 Å². The quantitative estimate of drug-likeness (QED) is 0.564. The van der Waals surface area contributed by atoms with Crippen molar-refractivity contribution in [2.45, 2.75) is 11.7 Å². The second-order valence-electron chi connectivity index (χ2n) is 5.86. The van der Waals surface area contributed by atoms with Crippen molar-refractivity contribution >= 4 is 40.9 Å². The molecule has 1 amide bonds. The molecule has 26 heavy (non-hydrogen) atoms. The maximum absolute atomic E-state index is 13.1. The average molecular weight is 415 g/mol. The number of amides is 1. The van der Waals surface area contributed by atoms with Crippen molar-refractivity contribution in [3.8, 4) is 0 Å². The lowest BCUT2D eigenvalue weighted by atomic mass is 10.2. The molecule has 5 nitrogen and oxygen atoms in total. The van der Waals surface area contributed by atoms with Crippen LogP contribution in [0.2, 0.25) is 10.0 Å². The van der Waals surface area contributed by atoms with Crippen LogP contribution >= 0.6 is 35.0 Å². The van der Waals surface area contributed by atoms with E-state index in [1.165, 1.54) is 30.1 Å². The van der Waals surface area contributed by atoms with Crippen molar-refractivity contribution in [1.29, 1.82) is 0 Å². The Hall–Kier alpha value is -1.41. The van der Waals surface area contributed by atoms with Crippen LogP contribution < -0.4 is 0 Å². The number of thioether (sulfide) groups is 1. The van der Waals surface area contributed by atoms with Crippen molar-refractivity contribution in [2.24, 2.45) is 0 Å². The molecule has 1 aliphatic heterocycles. The van der Waals surface area contributed by atoms with E-state index in [0.29, 0.717) is 42.9 Å². The van der Waals surface area contributed by atoms with E-state index in [1.807, 2.05) is 6.26 Å². The summed E-state index contributed by atoms with van der Waals surface area (Å²) >= 11 is 13.5. The van der Waals surface area contributed by atoms with Crippen molar-refractivity contribution in [1.82, 2.24) is 19.8 Å². The summed E-state index contributed by atoms with van der Waals surface area (Å²) in [6.07, 6.45) is 3.30. The number of carbonyl (C=O) groups is 1. The van der Waals surface area contributed by atoms with Gasteiger partial charge in [-0.05, 0) is 24.0 Å². The van der Waals surface area contributed by atoms with Gasteiger partial charge in [0.1, 0.15) is 5.82 Å². The number of aromatic nitrogens is 2. The van der Waals surface area contributed by atoms with Crippen molar-refractivity contribution in [3.63, 3.8) is 0 Å². The number of rotatable bonds is 4. The van der Waals surface area contributed by atoms with Gasteiger partial charge in [-0.1, -0.05) is 41.0 Å². The maximum Gasteiger partial charge on any atom is 0.274 e. The van der Waals surface area contributed by atoms with Gasteiger partial charge in [-0.3, -0.25) is 9.69 Å². The summed E-state index contributed by atoms with van der Waals surface area (Å²) in [5.74, 6) is -0.535. The first-order valence-corrected chi connectivity index (χ1v) is 9.98. The third-order valence-corrected chi connectivity index (χ3v) is 5.37. The maximum atomic E-state index is 13.1. The number of halogens is 3. The van der Waals surface area contributed by atoms with Gasteiger partial charge in [0.2, 0.25) is 0 Å². The third kappa shape index (κ3) is 4.46. The second kappa shape index (κ2) is 8.52. The van der Waals surface area contributed by atoms with Crippen LogP contribution in [0.1, 0.15) is 16.1 Å². The monoisotopic (exact) mass is 414 g/mol. The first kappa shape index (κ1) is 19.4. The van der Waals surface area contributed by atoms with Crippen molar-refractivity contribution in [3.05, 3.63) is 51.5 Å². The lowest BCUT2D eigenvalue weighted by Gasteiger charge is -2.34. The molecule has 0 saturated carbocycles. The largest absolute Gasteiger partial charge is 0.335 e. The third-order valence-electron chi connectivity index (χ3n) is 4.18. The Morgan fingerprint density at radius 1 is 1.23 bits per heavy atom. The SMILES string of the molecule is CSc1ncc(Cl)c(C(=O)N2CCN(Cc3ccc(F)cc3Cl)CC2)n1. The zero-order chi connectivity index (χ0) is 18.7. The summed E-state index contributed by atoms with van der Waals surface area (Å²) in [4.78, 5) is 24.9. The van der Waals surface area contributed by atoms with E-state index >= 15 is 0 Å². The standard InChI is InChI=1S/C17H17Cl2FN4OS/c1-26-17-21-9-14(19)15(22-17)16(25)24-6-4-23(5-7-24)10-11-2-3-12(20)8-13(11)18/h2-3,8-9H,4-7,10H2,1H3. The summed E-state index contributed by atoms with van der Waals surface area (Å²) in [6, 6.07) is 4.42. The van der Waals surface area contributed by atoms with Crippen LogP contribution in [0.15, 0.2) is 29.6 Å². The van der Waals surface area contributed by atoms with E-state index in [9.17, 15) is 9.18 Å². The van der Waals surface area contributed by atoms with E-state index < -0.39 is 0 Å². The number of hydrogen-bond acceptors (Lipinski definition) is 5. The molecular formula is C17H17Cl2FN4OS. The molecule has 1 aliphatic rings. The van der Waals surface area contributed by atoms with E-state index in [1.54, 1.807) is 11.0 Å². The Balaban J connectivity index is 1.62. The Kier molecular flexibility index (Phi) is 6.34. The molecule has 1 aromatic heterocycles. The summed E-state index contributed by atoms with van der Waals surface area (Å²) in [7, 11) is 0. The van der Waals surface area contributed by atoms with E-state index in [0.717, 1.165) is 5.56 Å². The first-order valence-electron chi connectivity index (χ1n) is 8.00. The van der Waals surface area contributed by atoms with Gasteiger partial charge in [0.25, 0.3) is 5.91 Å². The second-order valence-corrected chi connectivity index (χ2v) is 7.45. The molecule has 0 unspecified atom stereocenters. The molecule has 3 rings (SSSR count). The minimum atomic E-state index is -0.347. The molecule has 9 heteroatoms.